The second kappa shape index (κ2) is 6.74. The molecule has 0 saturated carbocycles. The Hall–Kier alpha value is -0.909. The van der Waals surface area contributed by atoms with Gasteiger partial charge in [-0.2, -0.15) is 0 Å². The zero-order valence-electron chi connectivity index (χ0n) is 9.69. The van der Waals surface area contributed by atoms with Gasteiger partial charge in [0.25, 0.3) is 0 Å². The molecule has 2 aromatic rings. The molecule has 0 saturated heterocycles. The topological polar surface area (TPSA) is 0 Å². The number of hydrogen-bond acceptors (Lipinski definition) is 0. The van der Waals surface area contributed by atoms with Crippen LogP contribution in [0.5, 0.6) is 0 Å². The standard InChI is InChI=1S/C14H14Si3/c15-17(12-14-9-5-2-6-10-14)16-11-13-7-3-1-4-8-13/h1-10H,11-12H2. The zero-order valence-corrected chi connectivity index (χ0v) is 12.7. The Morgan fingerprint density at radius 1 is 0.824 bits per heavy atom. The quantitative estimate of drug-likeness (QED) is 0.729. The van der Waals surface area contributed by atoms with Gasteiger partial charge in [-0.15, -0.1) is 0 Å². The van der Waals surface area contributed by atoms with Gasteiger partial charge < -0.3 is 0 Å². The van der Waals surface area contributed by atoms with Gasteiger partial charge in [-0.3, -0.25) is 0 Å². The molecule has 2 aromatic carbocycles. The first kappa shape index (κ1) is 12.5. The maximum atomic E-state index is 3.94. The highest BCUT2D eigenvalue weighted by Crippen LogP contribution is 2.03. The average Bonchev–Trinajstić information content (AvgIpc) is 2.39. The smallest absolute Gasteiger partial charge is 0.0280 e. The van der Waals surface area contributed by atoms with Gasteiger partial charge in [0.15, 0.2) is 0 Å². The molecule has 0 bridgehead atoms. The van der Waals surface area contributed by atoms with Gasteiger partial charge in [0.05, 0.1) is 0 Å². The van der Waals surface area contributed by atoms with E-state index in [1.165, 1.54) is 23.2 Å². The predicted octanol–water partition coefficient (Wildman–Crippen LogP) is 2.33. The maximum absolute atomic E-state index is 3.94. The Bertz CT molecular complexity index is 428. The highest BCUT2D eigenvalue weighted by Gasteiger charge is 2.06. The highest BCUT2D eigenvalue weighted by atomic mass is 29.5. The Morgan fingerprint density at radius 3 is 1.94 bits per heavy atom. The summed E-state index contributed by atoms with van der Waals surface area (Å²) in [6.07, 6.45) is 0. The van der Waals surface area contributed by atoms with Crippen LogP contribution in [-0.2, 0) is 12.1 Å². The van der Waals surface area contributed by atoms with Gasteiger partial charge in [-0.1, -0.05) is 71.8 Å². The summed E-state index contributed by atoms with van der Waals surface area (Å²) in [5.74, 6) is 0. The van der Waals surface area contributed by atoms with Crippen molar-refractivity contribution in [3.05, 3.63) is 71.8 Å². The van der Waals surface area contributed by atoms with Crippen molar-refractivity contribution in [1.82, 2.24) is 0 Å². The summed E-state index contributed by atoms with van der Waals surface area (Å²) < 4.78 is 0. The Balaban J connectivity index is 1.80. The first-order valence-corrected chi connectivity index (χ1v) is 11.1. The summed E-state index contributed by atoms with van der Waals surface area (Å²) in [4.78, 5) is 0. The van der Waals surface area contributed by atoms with Crippen LogP contribution < -0.4 is 0 Å². The monoisotopic (exact) mass is 266 g/mol. The molecule has 0 fully saturated rings. The maximum Gasteiger partial charge on any atom is 0.0280 e. The van der Waals surface area contributed by atoms with Crippen LogP contribution >= 0.6 is 0 Å². The van der Waals surface area contributed by atoms with Gasteiger partial charge >= 0.3 is 0 Å². The fourth-order valence-corrected chi connectivity index (χ4v) is 6.74. The minimum Gasteiger partial charge on any atom is -0.0622 e. The van der Waals surface area contributed by atoms with E-state index >= 15 is 0 Å². The van der Waals surface area contributed by atoms with E-state index in [-0.39, 0.29) is 0 Å². The molecule has 0 aliphatic carbocycles. The second-order valence-corrected chi connectivity index (χ2v) is 12.2. The van der Waals surface area contributed by atoms with Crippen molar-refractivity contribution in [3.63, 3.8) is 0 Å². The van der Waals surface area contributed by atoms with E-state index in [0.717, 1.165) is 9.04 Å². The molecule has 0 aliphatic heterocycles. The molecule has 0 nitrogen and oxygen atoms in total. The fraction of sp³-hybridized carbons (Fsp3) is 0.143. The van der Waals surface area contributed by atoms with E-state index in [4.69, 9.17) is 0 Å². The number of rotatable bonds is 5. The van der Waals surface area contributed by atoms with E-state index in [2.05, 4.69) is 70.4 Å². The molecule has 17 heavy (non-hydrogen) atoms. The van der Waals surface area contributed by atoms with Crippen LogP contribution in [0.2, 0.25) is 0 Å². The first-order valence-electron chi connectivity index (χ1n) is 5.74. The normalized spacial score (nSPS) is 10.7. The Labute approximate surface area is 111 Å². The summed E-state index contributed by atoms with van der Waals surface area (Å²) in [6.45, 7) is 0. The van der Waals surface area contributed by atoms with Crippen molar-refractivity contribution >= 4 is 26.6 Å². The minimum atomic E-state index is -0.406. The van der Waals surface area contributed by atoms with Gasteiger partial charge in [-0.05, 0) is 12.1 Å². The van der Waals surface area contributed by atoms with Gasteiger partial charge in [0, 0.05) is 26.6 Å². The van der Waals surface area contributed by atoms with E-state index in [1.807, 2.05) is 0 Å². The lowest BCUT2D eigenvalue weighted by molar-refractivity contribution is 1.37. The molecule has 0 atom stereocenters. The average molecular weight is 267 g/mol. The van der Waals surface area contributed by atoms with Crippen molar-refractivity contribution in [2.24, 2.45) is 0 Å². The molecular formula is C14H14Si3. The van der Waals surface area contributed by atoms with Crippen LogP contribution in [0.1, 0.15) is 11.1 Å². The molecule has 0 aromatic heterocycles. The predicted molar refractivity (Wildman–Crippen MR) is 77.6 cm³/mol. The molecule has 0 spiro atoms. The van der Waals surface area contributed by atoms with Crippen LogP contribution in [0.25, 0.3) is 0 Å². The molecule has 0 heterocycles. The SMILES string of the molecule is [Si][Si](Cc1ccccc1)[Si]Cc1ccccc1. The molecule has 82 valence electrons. The molecule has 0 aliphatic rings. The van der Waals surface area contributed by atoms with Gasteiger partial charge in [0.2, 0.25) is 0 Å². The molecule has 0 N–H and O–H groups in total. The van der Waals surface area contributed by atoms with Gasteiger partial charge in [-0.25, -0.2) is 0 Å². The Kier molecular flexibility index (Phi) is 4.97. The summed E-state index contributed by atoms with van der Waals surface area (Å²) in [7, 11) is 4.56. The van der Waals surface area contributed by atoms with E-state index in [0.29, 0.717) is 0 Å². The minimum absolute atomic E-state index is 0.406. The number of hydrogen-bond donors (Lipinski definition) is 0. The summed E-state index contributed by atoms with van der Waals surface area (Å²) in [5.41, 5.74) is 2.91. The summed E-state index contributed by atoms with van der Waals surface area (Å²) in [5, 5.41) is 0. The van der Waals surface area contributed by atoms with Crippen LogP contribution in [0.3, 0.4) is 0 Å². The Morgan fingerprint density at radius 2 is 1.35 bits per heavy atom. The zero-order chi connectivity index (χ0) is 11.9. The van der Waals surface area contributed by atoms with Crippen molar-refractivity contribution in [2.45, 2.75) is 12.1 Å². The summed E-state index contributed by atoms with van der Waals surface area (Å²) >= 11 is 0. The van der Waals surface area contributed by atoms with E-state index in [9.17, 15) is 0 Å². The van der Waals surface area contributed by atoms with Crippen molar-refractivity contribution in [1.29, 1.82) is 0 Å². The second-order valence-electron chi connectivity index (χ2n) is 3.98. The van der Waals surface area contributed by atoms with E-state index in [1.54, 1.807) is 0 Å². The van der Waals surface area contributed by atoms with Crippen LogP contribution in [0, 0.1) is 0 Å². The third kappa shape index (κ3) is 4.46. The lowest BCUT2D eigenvalue weighted by atomic mass is 10.2. The third-order valence-corrected chi connectivity index (χ3v) is 8.81. The van der Waals surface area contributed by atoms with E-state index < -0.39 is 7.83 Å². The van der Waals surface area contributed by atoms with Gasteiger partial charge in [0.1, 0.15) is 0 Å². The largest absolute Gasteiger partial charge is 0.0622 e. The molecular weight excluding hydrogens is 252 g/mol. The van der Waals surface area contributed by atoms with Crippen LogP contribution in [0.15, 0.2) is 60.7 Å². The molecule has 6 radical (unpaired) electrons. The van der Waals surface area contributed by atoms with Crippen LogP contribution in [0.4, 0.5) is 0 Å². The lowest BCUT2D eigenvalue weighted by Crippen LogP contribution is -2.28. The molecule has 3 heteroatoms. The highest BCUT2D eigenvalue weighted by molar-refractivity contribution is 7.34. The molecule has 0 amide bonds. The first-order chi connectivity index (χ1) is 8.34. The summed E-state index contributed by atoms with van der Waals surface area (Å²) in [6, 6.07) is 24.0. The van der Waals surface area contributed by atoms with Crippen molar-refractivity contribution in [3.8, 4) is 0 Å². The fourth-order valence-electron chi connectivity index (χ4n) is 1.67. The van der Waals surface area contributed by atoms with Crippen molar-refractivity contribution < 1.29 is 0 Å². The number of benzene rings is 2. The molecule has 0 unspecified atom stereocenters. The molecule has 2 rings (SSSR count). The lowest BCUT2D eigenvalue weighted by Gasteiger charge is -2.08. The van der Waals surface area contributed by atoms with Crippen LogP contribution in [-0.4, -0.2) is 26.6 Å². The third-order valence-electron chi connectivity index (χ3n) is 2.57. The van der Waals surface area contributed by atoms with Crippen molar-refractivity contribution in [2.75, 3.05) is 0 Å².